The number of rotatable bonds is 5. The van der Waals surface area contributed by atoms with Crippen LogP contribution in [0.3, 0.4) is 0 Å². The van der Waals surface area contributed by atoms with E-state index in [0.717, 1.165) is 38.4 Å². The van der Waals surface area contributed by atoms with Crippen molar-refractivity contribution in [1.29, 1.82) is 0 Å². The van der Waals surface area contributed by atoms with Crippen LogP contribution in [0.5, 0.6) is 0 Å². The molecule has 2 aromatic carbocycles. The third-order valence-electron chi connectivity index (χ3n) is 6.34. The minimum atomic E-state index is -0.118. The molecule has 1 N–H and O–H groups in total. The number of aromatic nitrogens is 1. The lowest BCUT2D eigenvalue weighted by molar-refractivity contribution is 0.0690. The van der Waals surface area contributed by atoms with Crippen LogP contribution in [0.15, 0.2) is 53.0 Å². The van der Waals surface area contributed by atoms with Crippen LogP contribution in [-0.4, -0.2) is 40.8 Å². The molecule has 1 aromatic heterocycles. The number of benzene rings is 2. The molecule has 2 amide bonds. The highest BCUT2D eigenvalue weighted by molar-refractivity contribution is 9.10. The second-order valence-corrected chi connectivity index (χ2v) is 10.8. The molecule has 3 atom stereocenters. The maximum atomic E-state index is 13.6. The van der Waals surface area contributed by atoms with Gasteiger partial charge in [0.25, 0.3) is 11.8 Å². The lowest BCUT2D eigenvalue weighted by Gasteiger charge is -2.27. The third-order valence-corrected chi connectivity index (χ3v) is 7.85. The van der Waals surface area contributed by atoms with Crippen LogP contribution in [0.4, 0.5) is 0 Å². The molecular weight excluding hydrogens is 486 g/mol. The quantitative estimate of drug-likeness (QED) is 0.521. The van der Waals surface area contributed by atoms with E-state index in [0.29, 0.717) is 29.6 Å². The summed E-state index contributed by atoms with van der Waals surface area (Å²) in [6, 6.07) is 15.5. The van der Waals surface area contributed by atoms with Crippen molar-refractivity contribution in [3.05, 3.63) is 74.8 Å². The second-order valence-electron chi connectivity index (χ2n) is 8.68. The Morgan fingerprint density at radius 1 is 1.19 bits per heavy atom. The number of halogens is 1. The summed E-state index contributed by atoms with van der Waals surface area (Å²) in [6.45, 7) is 5.20. The van der Waals surface area contributed by atoms with Crippen LogP contribution < -0.4 is 5.32 Å². The van der Waals surface area contributed by atoms with Crippen molar-refractivity contribution in [2.75, 3.05) is 13.1 Å². The van der Waals surface area contributed by atoms with Gasteiger partial charge in [-0.2, -0.15) is 0 Å². The van der Waals surface area contributed by atoms with E-state index >= 15 is 0 Å². The molecule has 0 radical (unpaired) electrons. The smallest absolute Gasteiger partial charge is 0.274 e. The number of hydrogen-bond acceptors (Lipinski definition) is 4. The van der Waals surface area contributed by atoms with Gasteiger partial charge in [-0.3, -0.25) is 9.59 Å². The molecule has 1 saturated carbocycles. The number of carbonyl (C=O) groups excluding carboxylic acids is 2. The third kappa shape index (κ3) is 4.11. The van der Waals surface area contributed by atoms with Crippen molar-refractivity contribution < 1.29 is 9.59 Å². The van der Waals surface area contributed by atoms with Gasteiger partial charge in [-0.1, -0.05) is 51.8 Å². The van der Waals surface area contributed by atoms with Crippen LogP contribution in [0, 0.1) is 25.7 Å². The van der Waals surface area contributed by atoms with Crippen LogP contribution in [0.25, 0.3) is 10.4 Å². The largest absolute Gasteiger partial charge is 0.350 e. The van der Waals surface area contributed by atoms with Crippen LogP contribution in [0.2, 0.25) is 0 Å². The number of fused-ring (bicyclic) bond motifs is 1. The first-order valence-electron chi connectivity index (χ1n) is 10.8. The molecule has 0 spiro atoms. The number of likely N-dealkylation sites (tertiary alicyclic amines) is 1. The topological polar surface area (TPSA) is 62.3 Å². The zero-order valence-electron chi connectivity index (χ0n) is 18.0. The predicted molar refractivity (Wildman–Crippen MR) is 130 cm³/mol. The van der Waals surface area contributed by atoms with E-state index in [9.17, 15) is 9.59 Å². The van der Waals surface area contributed by atoms with E-state index in [4.69, 9.17) is 0 Å². The summed E-state index contributed by atoms with van der Waals surface area (Å²) in [5.41, 5.74) is 3.33. The number of nitrogens with zero attached hydrogens (tertiary/aromatic N) is 2. The Morgan fingerprint density at radius 3 is 2.78 bits per heavy atom. The predicted octanol–water partition coefficient (Wildman–Crippen LogP) is 5.08. The molecule has 2 fully saturated rings. The molecule has 3 aromatic rings. The minimum Gasteiger partial charge on any atom is -0.350 e. The highest BCUT2D eigenvalue weighted by Crippen LogP contribution is 2.50. The van der Waals surface area contributed by atoms with Gasteiger partial charge in [0.15, 0.2) is 0 Å². The first kappa shape index (κ1) is 21.3. The highest BCUT2D eigenvalue weighted by Gasteiger charge is 2.54. The van der Waals surface area contributed by atoms with Crippen molar-refractivity contribution in [1.82, 2.24) is 15.2 Å². The number of amides is 2. The second kappa shape index (κ2) is 8.45. The SMILES string of the molecule is Cc1cccc(-c2sc(C)nc2C(=O)N2C[C@H]3CC3[C@H]2CNC(=O)c2cccc(Br)c2)c1. The lowest BCUT2D eigenvalue weighted by Crippen LogP contribution is -2.45. The number of thiazole rings is 1. The summed E-state index contributed by atoms with van der Waals surface area (Å²) in [5, 5.41) is 3.93. The lowest BCUT2D eigenvalue weighted by atomic mass is 10.1. The Hall–Kier alpha value is -2.51. The van der Waals surface area contributed by atoms with Crippen LogP contribution >= 0.6 is 27.3 Å². The normalized spacial score (nSPS) is 21.3. The molecule has 1 aliphatic heterocycles. The fourth-order valence-corrected chi connectivity index (χ4v) is 5.99. The molecule has 1 unspecified atom stereocenters. The van der Waals surface area contributed by atoms with Crippen LogP contribution in [0.1, 0.15) is 37.8 Å². The van der Waals surface area contributed by atoms with Gasteiger partial charge in [-0.15, -0.1) is 11.3 Å². The Bertz CT molecular complexity index is 1210. The standard InChI is InChI=1S/C25H24BrN3O2S/c1-14-5-3-6-16(9-14)23-22(28-15(2)32-23)25(31)29-13-18-11-20(18)21(29)12-27-24(30)17-7-4-8-19(26)10-17/h3-10,18,20-21H,11-13H2,1-2H3,(H,27,30)/t18-,20?,21-/m1/s1. The number of nitrogens with one attached hydrogen (secondary N) is 1. The van der Waals surface area contributed by atoms with Gasteiger partial charge in [-0.05, 0) is 55.9 Å². The molecule has 7 heteroatoms. The van der Waals surface area contributed by atoms with Crippen molar-refractivity contribution in [2.24, 2.45) is 11.8 Å². The average Bonchev–Trinajstić information content (AvgIpc) is 3.28. The maximum Gasteiger partial charge on any atom is 0.274 e. The molecular formula is C25H24BrN3O2S. The molecule has 5 nitrogen and oxygen atoms in total. The maximum absolute atomic E-state index is 13.6. The molecule has 32 heavy (non-hydrogen) atoms. The van der Waals surface area contributed by atoms with E-state index in [1.165, 1.54) is 0 Å². The Kier molecular flexibility index (Phi) is 5.63. The van der Waals surface area contributed by atoms with Crippen molar-refractivity contribution in [3.8, 4) is 10.4 Å². The first-order chi connectivity index (χ1) is 15.4. The zero-order valence-corrected chi connectivity index (χ0v) is 20.4. The van der Waals surface area contributed by atoms with Gasteiger partial charge in [0.2, 0.25) is 0 Å². The molecule has 1 aliphatic carbocycles. The van der Waals surface area contributed by atoms with Crippen molar-refractivity contribution in [2.45, 2.75) is 26.3 Å². The van der Waals surface area contributed by atoms with Gasteiger partial charge < -0.3 is 10.2 Å². The van der Waals surface area contributed by atoms with Crippen molar-refractivity contribution in [3.63, 3.8) is 0 Å². The fourth-order valence-electron chi connectivity index (χ4n) is 4.69. The van der Waals surface area contributed by atoms with Gasteiger partial charge >= 0.3 is 0 Å². The Morgan fingerprint density at radius 2 is 2.00 bits per heavy atom. The fraction of sp³-hybridized carbons (Fsp3) is 0.320. The van der Waals surface area contributed by atoms with Gasteiger partial charge in [0.05, 0.1) is 15.9 Å². The molecule has 164 valence electrons. The Balaban J connectivity index is 1.36. The first-order valence-corrected chi connectivity index (χ1v) is 12.4. The summed E-state index contributed by atoms with van der Waals surface area (Å²) in [5.74, 6) is 0.852. The van der Waals surface area contributed by atoms with E-state index in [2.05, 4.69) is 45.3 Å². The van der Waals surface area contributed by atoms with E-state index in [1.807, 2.05) is 36.1 Å². The van der Waals surface area contributed by atoms with E-state index in [1.54, 1.807) is 23.5 Å². The van der Waals surface area contributed by atoms with Crippen LogP contribution in [-0.2, 0) is 0 Å². The Labute approximate surface area is 200 Å². The average molecular weight is 510 g/mol. The zero-order chi connectivity index (χ0) is 22.4. The summed E-state index contributed by atoms with van der Waals surface area (Å²) in [4.78, 5) is 33.8. The van der Waals surface area contributed by atoms with E-state index < -0.39 is 0 Å². The molecule has 1 saturated heterocycles. The van der Waals surface area contributed by atoms with Crippen molar-refractivity contribution >= 4 is 39.1 Å². The summed E-state index contributed by atoms with van der Waals surface area (Å²) >= 11 is 4.97. The summed E-state index contributed by atoms with van der Waals surface area (Å²) in [6.07, 6.45) is 1.13. The number of hydrogen-bond donors (Lipinski definition) is 1. The monoisotopic (exact) mass is 509 g/mol. The summed E-state index contributed by atoms with van der Waals surface area (Å²) < 4.78 is 0.868. The molecule has 0 bridgehead atoms. The molecule has 2 aliphatic rings. The van der Waals surface area contributed by atoms with E-state index in [-0.39, 0.29) is 17.9 Å². The number of aryl methyl sites for hydroxylation is 2. The number of piperidine rings is 1. The minimum absolute atomic E-state index is 0.0102. The summed E-state index contributed by atoms with van der Waals surface area (Å²) in [7, 11) is 0. The highest BCUT2D eigenvalue weighted by atomic mass is 79.9. The number of carbonyl (C=O) groups is 2. The molecule has 5 rings (SSSR count). The van der Waals surface area contributed by atoms with Gasteiger partial charge in [0, 0.05) is 23.1 Å². The van der Waals surface area contributed by atoms with Gasteiger partial charge in [-0.25, -0.2) is 4.98 Å². The van der Waals surface area contributed by atoms with Gasteiger partial charge in [0.1, 0.15) is 5.69 Å². The molecule has 2 heterocycles.